The minimum absolute atomic E-state index is 0.116. The Balaban J connectivity index is 3.18. The van der Waals surface area contributed by atoms with E-state index in [2.05, 4.69) is 6.58 Å². The second-order valence-electron chi connectivity index (χ2n) is 3.18. The van der Waals surface area contributed by atoms with Gasteiger partial charge in [0.05, 0.1) is 19.8 Å². The van der Waals surface area contributed by atoms with E-state index in [0.717, 1.165) is 0 Å². The molecule has 80 valence electrons. The molecule has 0 saturated carbocycles. The van der Waals surface area contributed by atoms with Crippen molar-refractivity contribution < 1.29 is 14.3 Å². The minimum Gasteiger partial charge on any atom is -0.497 e. The molecule has 0 unspecified atom stereocenters. The first-order valence-electron chi connectivity index (χ1n) is 4.52. The van der Waals surface area contributed by atoms with Crippen LogP contribution in [0.15, 0.2) is 30.4 Å². The first-order valence-corrected chi connectivity index (χ1v) is 4.52. The molecule has 0 heterocycles. The molecule has 1 aromatic rings. The number of carbonyl (C=O) groups is 1. The summed E-state index contributed by atoms with van der Waals surface area (Å²) in [6.45, 7) is 5.29. The molecular weight excluding hydrogens is 192 g/mol. The highest BCUT2D eigenvalue weighted by Gasteiger charge is 2.13. The van der Waals surface area contributed by atoms with Gasteiger partial charge in [-0.1, -0.05) is 6.58 Å². The van der Waals surface area contributed by atoms with Crippen LogP contribution in [0.1, 0.15) is 17.3 Å². The molecule has 1 aromatic carbocycles. The van der Waals surface area contributed by atoms with Crippen LogP contribution >= 0.6 is 0 Å². The normalized spacial score (nSPS) is 9.53. The number of Topliss-reactive ketones (excluding diaryl/α,β-unsaturated/α-hetero) is 1. The van der Waals surface area contributed by atoms with Gasteiger partial charge in [0.25, 0.3) is 0 Å². The van der Waals surface area contributed by atoms with E-state index in [-0.39, 0.29) is 5.78 Å². The summed E-state index contributed by atoms with van der Waals surface area (Å²) >= 11 is 0. The summed E-state index contributed by atoms with van der Waals surface area (Å²) in [4.78, 5) is 11.7. The van der Waals surface area contributed by atoms with E-state index in [1.807, 2.05) is 0 Å². The van der Waals surface area contributed by atoms with Crippen LogP contribution in [0.25, 0.3) is 0 Å². The van der Waals surface area contributed by atoms with Crippen molar-refractivity contribution in [1.29, 1.82) is 0 Å². The van der Waals surface area contributed by atoms with Gasteiger partial charge in [-0.3, -0.25) is 4.79 Å². The zero-order chi connectivity index (χ0) is 11.4. The lowest BCUT2D eigenvalue weighted by Gasteiger charge is -2.09. The number of allylic oxidation sites excluding steroid dienone is 1. The summed E-state index contributed by atoms with van der Waals surface area (Å²) in [6, 6.07) is 5.07. The Kier molecular flexibility index (Phi) is 3.50. The largest absolute Gasteiger partial charge is 0.497 e. The first-order chi connectivity index (χ1) is 7.10. The lowest BCUT2D eigenvalue weighted by atomic mass is 10.0. The van der Waals surface area contributed by atoms with Gasteiger partial charge in [-0.25, -0.2) is 0 Å². The molecule has 1 rings (SSSR count). The Hall–Kier alpha value is -1.77. The van der Waals surface area contributed by atoms with Crippen LogP contribution in [0.2, 0.25) is 0 Å². The monoisotopic (exact) mass is 206 g/mol. The Bertz CT molecular complexity index is 394. The van der Waals surface area contributed by atoms with Gasteiger partial charge in [-0.2, -0.15) is 0 Å². The lowest BCUT2D eigenvalue weighted by Crippen LogP contribution is -2.02. The Morgan fingerprint density at radius 2 is 1.93 bits per heavy atom. The van der Waals surface area contributed by atoms with Crippen LogP contribution in [0.4, 0.5) is 0 Å². The van der Waals surface area contributed by atoms with Gasteiger partial charge in [-0.15, -0.1) is 0 Å². The first kappa shape index (κ1) is 11.3. The number of rotatable bonds is 4. The number of hydrogen-bond donors (Lipinski definition) is 0. The van der Waals surface area contributed by atoms with Gasteiger partial charge < -0.3 is 9.47 Å². The van der Waals surface area contributed by atoms with E-state index < -0.39 is 0 Å². The van der Waals surface area contributed by atoms with Crippen LogP contribution in [0.5, 0.6) is 11.5 Å². The lowest BCUT2D eigenvalue weighted by molar-refractivity contribution is 0.103. The third-order valence-corrected chi connectivity index (χ3v) is 2.04. The summed E-state index contributed by atoms with van der Waals surface area (Å²) in [6.07, 6.45) is 0. The molecule has 0 N–H and O–H groups in total. The van der Waals surface area contributed by atoms with Crippen LogP contribution < -0.4 is 9.47 Å². The van der Waals surface area contributed by atoms with Crippen molar-refractivity contribution in [3.8, 4) is 11.5 Å². The fraction of sp³-hybridized carbons (Fsp3) is 0.250. The van der Waals surface area contributed by atoms with Crippen molar-refractivity contribution in [3.63, 3.8) is 0 Å². The molecule has 0 radical (unpaired) electrons. The highest BCUT2D eigenvalue weighted by Crippen LogP contribution is 2.26. The molecule has 0 aliphatic heterocycles. The number of ether oxygens (including phenoxy) is 2. The predicted molar refractivity (Wildman–Crippen MR) is 58.7 cm³/mol. The average Bonchev–Trinajstić information content (AvgIpc) is 2.27. The molecule has 0 saturated heterocycles. The summed E-state index contributed by atoms with van der Waals surface area (Å²) in [5.41, 5.74) is 0.990. The number of methoxy groups -OCH3 is 2. The zero-order valence-corrected chi connectivity index (χ0v) is 9.16. The Morgan fingerprint density at radius 3 is 2.40 bits per heavy atom. The zero-order valence-electron chi connectivity index (χ0n) is 9.16. The summed E-state index contributed by atoms with van der Waals surface area (Å²) in [5.74, 6) is 1.04. The van der Waals surface area contributed by atoms with E-state index >= 15 is 0 Å². The predicted octanol–water partition coefficient (Wildman–Crippen LogP) is 2.46. The van der Waals surface area contributed by atoms with E-state index in [1.54, 1.807) is 32.2 Å². The van der Waals surface area contributed by atoms with Crippen LogP contribution in [-0.2, 0) is 0 Å². The van der Waals surface area contributed by atoms with Crippen LogP contribution in [0, 0.1) is 0 Å². The molecule has 0 amide bonds. The van der Waals surface area contributed by atoms with Crippen molar-refractivity contribution in [2.45, 2.75) is 6.92 Å². The van der Waals surface area contributed by atoms with Crippen LogP contribution in [-0.4, -0.2) is 20.0 Å². The molecule has 0 aliphatic rings. The molecule has 0 fully saturated rings. The van der Waals surface area contributed by atoms with E-state index in [1.165, 1.54) is 7.11 Å². The van der Waals surface area contributed by atoms with Crippen molar-refractivity contribution in [2.75, 3.05) is 14.2 Å². The van der Waals surface area contributed by atoms with Crippen molar-refractivity contribution in [3.05, 3.63) is 35.9 Å². The Morgan fingerprint density at radius 1 is 1.27 bits per heavy atom. The number of carbonyl (C=O) groups excluding carboxylic acids is 1. The second kappa shape index (κ2) is 4.64. The fourth-order valence-corrected chi connectivity index (χ4v) is 1.22. The molecule has 0 aromatic heterocycles. The molecule has 0 atom stereocenters. The summed E-state index contributed by atoms with van der Waals surface area (Å²) in [5, 5.41) is 0. The Labute approximate surface area is 89.3 Å². The van der Waals surface area contributed by atoms with Crippen molar-refractivity contribution in [2.24, 2.45) is 0 Å². The molecular formula is C12H14O3. The average molecular weight is 206 g/mol. The molecule has 3 heteroatoms. The van der Waals surface area contributed by atoms with Crippen LogP contribution in [0.3, 0.4) is 0 Å². The second-order valence-corrected chi connectivity index (χ2v) is 3.18. The molecule has 0 spiro atoms. The highest BCUT2D eigenvalue weighted by molar-refractivity contribution is 6.09. The third-order valence-electron chi connectivity index (χ3n) is 2.04. The SMILES string of the molecule is C=C(C)C(=O)c1ccc(OC)cc1OC. The minimum atomic E-state index is -0.116. The summed E-state index contributed by atoms with van der Waals surface area (Å²) in [7, 11) is 3.08. The number of hydrogen-bond acceptors (Lipinski definition) is 3. The fourth-order valence-electron chi connectivity index (χ4n) is 1.22. The quantitative estimate of drug-likeness (QED) is 0.560. The molecule has 0 bridgehead atoms. The molecule has 15 heavy (non-hydrogen) atoms. The number of ketones is 1. The standard InChI is InChI=1S/C12H14O3/c1-8(2)12(13)10-6-5-9(14-3)7-11(10)15-4/h5-7H,1H2,2-4H3. The van der Waals surface area contributed by atoms with Gasteiger partial charge in [0.15, 0.2) is 5.78 Å². The molecule has 0 aliphatic carbocycles. The van der Waals surface area contributed by atoms with Gasteiger partial charge in [0, 0.05) is 6.07 Å². The van der Waals surface area contributed by atoms with Crippen molar-refractivity contribution >= 4 is 5.78 Å². The number of benzene rings is 1. The maximum absolute atomic E-state index is 11.7. The van der Waals surface area contributed by atoms with Crippen molar-refractivity contribution in [1.82, 2.24) is 0 Å². The smallest absolute Gasteiger partial charge is 0.191 e. The van der Waals surface area contributed by atoms with Gasteiger partial charge in [0.2, 0.25) is 0 Å². The maximum Gasteiger partial charge on any atom is 0.191 e. The van der Waals surface area contributed by atoms with E-state index in [9.17, 15) is 4.79 Å². The maximum atomic E-state index is 11.7. The van der Waals surface area contributed by atoms with Gasteiger partial charge in [-0.05, 0) is 24.6 Å². The van der Waals surface area contributed by atoms with E-state index in [0.29, 0.717) is 22.6 Å². The summed E-state index contributed by atoms with van der Waals surface area (Å²) < 4.78 is 10.2. The van der Waals surface area contributed by atoms with Gasteiger partial charge >= 0.3 is 0 Å². The molecule has 3 nitrogen and oxygen atoms in total. The topological polar surface area (TPSA) is 35.5 Å². The highest BCUT2D eigenvalue weighted by atomic mass is 16.5. The third kappa shape index (κ3) is 2.37. The van der Waals surface area contributed by atoms with Gasteiger partial charge in [0.1, 0.15) is 11.5 Å². The van der Waals surface area contributed by atoms with E-state index in [4.69, 9.17) is 9.47 Å².